The number of primary amides is 1. The summed E-state index contributed by atoms with van der Waals surface area (Å²) in [7, 11) is 0. The van der Waals surface area contributed by atoms with E-state index in [0.29, 0.717) is 21.8 Å². The number of aryl methyl sites for hydroxylation is 1. The average Bonchev–Trinajstić information content (AvgIpc) is 3.43. The fraction of sp³-hybridized carbons (Fsp3) is 0.238. The van der Waals surface area contributed by atoms with Crippen LogP contribution < -0.4 is 5.73 Å². The molecule has 7 heteroatoms. The highest BCUT2D eigenvalue weighted by atomic mass is 35.5. The zero-order valence-electron chi connectivity index (χ0n) is 15.2. The number of pyridine rings is 1. The number of nitrogens with zero attached hydrogens (tertiary/aromatic N) is 2. The molecule has 2 aromatic heterocycles. The minimum Gasteiger partial charge on any atom is -0.435 e. The lowest BCUT2D eigenvalue weighted by Gasteiger charge is -2.05. The van der Waals surface area contributed by atoms with E-state index in [1.165, 1.54) is 0 Å². The highest BCUT2D eigenvalue weighted by Crippen LogP contribution is 2.35. The van der Waals surface area contributed by atoms with E-state index < -0.39 is 5.91 Å². The van der Waals surface area contributed by atoms with Gasteiger partial charge in [0.25, 0.3) is 5.91 Å². The first-order chi connectivity index (χ1) is 13.4. The van der Waals surface area contributed by atoms with Gasteiger partial charge in [-0.2, -0.15) is 0 Å². The van der Waals surface area contributed by atoms with Gasteiger partial charge in [-0.1, -0.05) is 23.7 Å². The summed E-state index contributed by atoms with van der Waals surface area (Å²) in [5.41, 5.74) is 8.17. The molecule has 4 rings (SSSR count). The predicted molar refractivity (Wildman–Crippen MR) is 105 cm³/mol. The summed E-state index contributed by atoms with van der Waals surface area (Å²) >= 11 is 6.25. The Balaban J connectivity index is 1.77. The normalized spacial score (nSPS) is 13.5. The number of benzene rings is 1. The van der Waals surface area contributed by atoms with Crippen molar-refractivity contribution in [2.45, 2.75) is 26.2 Å². The van der Waals surface area contributed by atoms with Gasteiger partial charge >= 0.3 is 0 Å². The Hall–Kier alpha value is -2.99. The molecule has 2 N–H and O–H groups in total. The van der Waals surface area contributed by atoms with Gasteiger partial charge in [0.15, 0.2) is 11.5 Å². The van der Waals surface area contributed by atoms with Gasteiger partial charge in [-0.25, -0.2) is 4.98 Å². The van der Waals surface area contributed by atoms with Gasteiger partial charge in [-0.05, 0) is 43.5 Å². The molecule has 3 aromatic rings. The number of aromatic nitrogens is 2. The molecule has 1 saturated carbocycles. The fourth-order valence-electron chi connectivity index (χ4n) is 3.05. The molecule has 0 spiro atoms. The van der Waals surface area contributed by atoms with E-state index in [1.807, 2.05) is 6.92 Å². The molecular formula is C21H18ClN3O3. The number of rotatable bonds is 6. The molecule has 0 bridgehead atoms. The molecule has 1 fully saturated rings. The topological polar surface area (TPSA) is 99.1 Å². The number of hydrogen-bond acceptors (Lipinski definition) is 5. The van der Waals surface area contributed by atoms with Crippen molar-refractivity contribution in [2.24, 2.45) is 11.7 Å². The smallest absolute Gasteiger partial charge is 0.271 e. The predicted octanol–water partition coefficient (Wildman–Crippen LogP) is 3.99. The molecule has 142 valence electrons. The van der Waals surface area contributed by atoms with Crippen LogP contribution >= 0.6 is 11.6 Å². The summed E-state index contributed by atoms with van der Waals surface area (Å²) < 4.78 is 5.92. The van der Waals surface area contributed by atoms with Crippen molar-refractivity contribution < 1.29 is 14.0 Å². The lowest BCUT2D eigenvalue weighted by molar-refractivity contribution is -0.119. The monoisotopic (exact) mass is 395 g/mol. The molecule has 1 amide bonds. The van der Waals surface area contributed by atoms with Gasteiger partial charge in [-0.3, -0.25) is 14.6 Å². The molecule has 2 heterocycles. The Morgan fingerprint density at radius 1 is 1.25 bits per heavy atom. The van der Waals surface area contributed by atoms with Gasteiger partial charge in [0, 0.05) is 35.4 Å². The van der Waals surface area contributed by atoms with Crippen LogP contribution in [-0.2, 0) is 11.2 Å². The van der Waals surface area contributed by atoms with E-state index in [-0.39, 0.29) is 35.5 Å². The molecule has 1 aromatic carbocycles. The number of Topliss-reactive ketones (excluding diaryl/α,β-unsaturated/α-hetero) is 1. The zero-order chi connectivity index (χ0) is 19.8. The third-order valence-corrected chi connectivity index (χ3v) is 5.09. The van der Waals surface area contributed by atoms with Gasteiger partial charge < -0.3 is 10.2 Å². The highest BCUT2D eigenvalue weighted by Gasteiger charge is 2.30. The molecule has 28 heavy (non-hydrogen) atoms. The molecule has 1 aliphatic rings. The van der Waals surface area contributed by atoms with Crippen LogP contribution in [0.5, 0.6) is 0 Å². The third kappa shape index (κ3) is 3.55. The summed E-state index contributed by atoms with van der Waals surface area (Å²) in [4.78, 5) is 32.7. The number of amides is 1. The number of carbonyl (C=O) groups excluding carboxylic acids is 2. The summed E-state index contributed by atoms with van der Waals surface area (Å²) in [5, 5.41) is 0.426. The number of hydrogen-bond donors (Lipinski definition) is 1. The van der Waals surface area contributed by atoms with Crippen LogP contribution in [0.3, 0.4) is 0 Å². The third-order valence-electron chi connectivity index (χ3n) is 4.76. The Morgan fingerprint density at radius 2 is 2.00 bits per heavy atom. The van der Waals surface area contributed by atoms with E-state index in [9.17, 15) is 9.59 Å². The molecule has 0 aliphatic heterocycles. The van der Waals surface area contributed by atoms with Crippen molar-refractivity contribution in [1.29, 1.82) is 0 Å². The second kappa shape index (κ2) is 7.20. The molecule has 0 unspecified atom stereocenters. The van der Waals surface area contributed by atoms with Gasteiger partial charge in [0.2, 0.25) is 5.89 Å². The first kappa shape index (κ1) is 18.4. The zero-order valence-corrected chi connectivity index (χ0v) is 16.0. The lowest BCUT2D eigenvalue weighted by Crippen LogP contribution is -2.12. The second-order valence-electron chi connectivity index (χ2n) is 6.95. The molecule has 6 nitrogen and oxygen atoms in total. The number of nitrogens with two attached hydrogens (primary N) is 1. The van der Waals surface area contributed by atoms with Gasteiger partial charge in [-0.15, -0.1) is 0 Å². The van der Waals surface area contributed by atoms with Crippen LogP contribution in [-0.4, -0.2) is 21.7 Å². The fourth-order valence-corrected chi connectivity index (χ4v) is 3.27. The van der Waals surface area contributed by atoms with Crippen molar-refractivity contribution in [3.05, 3.63) is 58.5 Å². The van der Waals surface area contributed by atoms with Crippen LogP contribution in [0.4, 0.5) is 0 Å². The summed E-state index contributed by atoms with van der Waals surface area (Å²) in [6.45, 7) is 1.86. The van der Waals surface area contributed by atoms with Crippen molar-refractivity contribution >= 4 is 23.3 Å². The van der Waals surface area contributed by atoms with Crippen LogP contribution in [0.2, 0.25) is 5.02 Å². The molecule has 0 radical (unpaired) electrons. The van der Waals surface area contributed by atoms with Crippen molar-refractivity contribution in [1.82, 2.24) is 9.97 Å². The van der Waals surface area contributed by atoms with Crippen LogP contribution in [0.25, 0.3) is 22.8 Å². The number of oxazole rings is 1. The standard InChI is InChI=1S/C21H18ClN3O3/c1-11-10-24-13(9-17(26)12-6-7-12)8-15(11)21-25-18(20(23)27)19(28-21)14-4-2-3-5-16(14)22/h2-5,8,10,12H,6-7,9H2,1H3,(H2,23,27). The van der Waals surface area contributed by atoms with Crippen molar-refractivity contribution in [3.63, 3.8) is 0 Å². The quantitative estimate of drug-likeness (QED) is 0.680. The number of ketones is 1. The van der Waals surface area contributed by atoms with E-state index in [0.717, 1.165) is 18.4 Å². The summed E-state index contributed by atoms with van der Waals surface area (Å²) in [6.07, 6.45) is 3.87. The van der Waals surface area contributed by atoms with Gasteiger partial charge in [0.1, 0.15) is 5.78 Å². The Labute approximate surface area is 166 Å². The maximum absolute atomic E-state index is 12.1. The molecule has 0 atom stereocenters. The first-order valence-corrected chi connectivity index (χ1v) is 9.36. The summed E-state index contributed by atoms with van der Waals surface area (Å²) in [6, 6.07) is 8.78. The van der Waals surface area contributed by atoms with Crippen LogP contribution in [0.1, 0.15) is 34.6 Å². The average molecular weight is 396 g/mol. The maximum Gasteiger partial charge on any atom is 0.271 e. The van der Waals surface area contributed by atoms with E-state index in [4.69, 9.17) is 21.8 Å². The highest BCUT2D eigenvalue weighted by molar-refractivity contribution is 6.33. The SMILES string of the molecule is Cc1cnc(CC(=O)C2CC2)cc1-c1nc(C(N)=O)c(-c2ccccc2Cl)o1. The van der Waals surface area contributed by atoms with Crippen molar-refractivity contribution in [3.8, 4) is 22.8 Å². The Bertz CT molecular complexity index is 1090. The van der Waals surface area contributed by atoms with E-state index >= 15 is 0 Å². The number of carbonyl (C=O) groups is 2. The maximum atomic E-state index is 12.1. The lowest BCUT2D eigenvalue weighted by atomic mass is 10.1. The Kier molecular flexibility index (Phi) is 4.73. The molecule has 1 aliphatic carbocycles. The van der Waals surface area contributed by atoms with Crippen molar-refractivity contribution in [2.75, 3.05) is 0 Å². The Morgan fingerprint density at radius 3 is 2.68 bits per heavy atom. The summed E-state index contributed by atoms with van der Waals surface area (Å²) in [5.74, 6) is 0.121. The minimum atomic E-state index is -0.708. The van der Waals surface area contributed by atoms with Crippen LogP contribution in [0, 0.1) is 12.8 Å². The van der Waals surface area contributed by atoms with Crippen LogP contribution in [0.15, 0.2) is 40.9 Å². The first-order valence-electron chi connectivity index (χ1n) is 8.98. The van der Waals surface area contributed by atoms with Gasteiger partial charge in [0.05, 0.1) is 5.02 Å². The van der Waals surface area contributed by atoms with E-state index in [2.05, 4.69) is 9.97 Å². The molecule has 0 saturated heterocycles. The molecular weight excluding hydrogens is 378 g/mol. The largest absolute Gasteiger partial charge is 0.435 e. The second-order valence-corrected chi connectivity index (χ2v) is 7.36. The van der Waals surface area contributed by atoms with E-state index in [1.54, 1.807) is 36.5 Å². The minimum absolute atomic E-state index is 0.00918. The number of halogens is 1.